The number of hydrogen-bond acceptors (Lipinski definition) is 2. The van der Waals surface area contributed by atoms with Crippen molar-refractivity contribution in [3.05, 3.63) is 0 Å². The Balaban J connectivity index is 1.90. The van der Waals surface area contributed by atoms with Gasteiger partial charge in [-0.15, -0.1) is 0 Å². The first kappa shape index (κ1) is 10.2. The van der Waals surface area contributed by atoms with E-state index in [2.05, 4.69) is 11.9 Å². The lowest BCUT2D eigenvalue weighted by Crippen LogP contribution is -2.34. The highest BCUT2D eigenvalue weighted by Gasteiger charge is 2.32. The highest BCUT2D eigenvalue weighted by molar-refractivity contribution is 5.84. The molecule has 1 unspecified atom stereocenters. The molecule has 80 valence electrons. The van der Waals surface area contributed by atoms with Crippen LogP contribution in [-0.4, -0.2) is 30.8 Å². The van der Waals surface area contributed by atoms with Gasteiger partial charge in [0.25, 0.3) is 0 Å². The Labute approximate surface area is 86.7 Å². The van der Waals surface area contributed by atoms with E-state index in [1.165, 1.54) is 38.6 Å². The van der Waals surface area contributed by atoms with E-state index in [4.69, 9.17) is 0 Å². The van der Waals surface area contributed by atoms with Gasteiger partial charge in [-0.05, 0) is 39.3 Å². The van der Waals surface area contributed by atoms with E-state index in [0.717, 1.165) is 13.0 Å². The smallest absolute Gasteiger partial charge is 0.140 e. The number of ketones is 1. The molecule has 1 saturated heterocycles. The molecule has 0 aromatic rings. The Morgan fingerprint density at radius 3 is 2.43 bits per heavy atom. The van der Waals surface area contributed by atoms with E-state index in [1.54, 1.807) is 0 Å². The molecule has 0 aromatic carbocycles. The van der Waals surface area contributed by atoms with Gasteiger partial charge in [-0.1, -0.05) is 12.8 Å². The summed E-state index contributed by atoms with van der Waals surface area (Å²) in [4.78, 5) is 14.4. The van der Waals surface area contributed by atoms with E-state index in [0.29, 0.717) is 17.6 Å². The van der Waals surface area contributed by atoms with Crippen LogP contribution >= 0.6 is 0 Å². The van der Waals surface area contributed by atoms with Crippen LogP contribution in [0.15, 0.2) is 0 Å². The molecule has 2 rings (SSSR count). The van der Waals surface area contributed by atoms with Crippen molar-refractivity contribution < 1.29 is 4.79 Å². The Bertz CT molecular complexity index is 210. The average Bonchev–Trinajstić information content (AvgIpc) is 2.26. The third-order valence-electron chi connectivity index (χ3n) is 3.78. The van der Waals surface area contributed by atoms with Gasteiger partial charge in [0.15, 0.2) is 0 Å². The number of rotatable bonds is 2. The topological polar surface area (TPSA) is 20.3 Å². The van der Waals surface area contributed by atoms with E-state index in [-0.39, 0.29) is 0 Å². The van der Waals surface area contributed by atoms with Gasteiger partial charge in [0.2, 0.25) is 0 Å². The largest absolute Gasteiger partial charge is 0.306 e. The molecule has 14 heavy (non-hydrogen) atoms. The van der Waals surface area contributed by atoms with Crippen molar-refractivity contribution in [1.82, 2.24) is 4.90 Å². The number of hydrogen-bond donors (Lipinski definition) is 0. The zero-order chi connectivity index (χ0) is 9.97. The maximum absolute atomic E-state index is 12.1. The monoisotopic (exact) mass is 195 g/mol. The van der Waals surface area contributed by atoms with E-state index in [1.807, 2.05) is 0 Å². The lowest BCUT2D eigenvalue weighted by Gasteiger charge is -2.29. The van der Waals surface area contributed by atoms with Gasteiger partial charge >= 0.3 is 0 Å². The summed E-state index contributed by atoms with van der Waals surface area (Å²) in [5.41, 5.74) is 0. The number of carbonyl (C=O) groups is 1. The molecular weight excluding hydrogens is 174 g/mol. The summed E-state index contributed by atoms with van der Waals surface area (Å²) in [5.74, 6) is 1.37. The zero-order valence-electron chi connectivity index (χ0n) is 9.17. The Hall–Kier alpha value is -0.370. The molecule has 2 nitrogen and oxygen atoms in total. The van der Waals surface area contributed by atoms with Crippen LogP contribution in [0.3, 0.4) is 0 Å². The van der Waals surface area contributed by atoms with E-state index in [9.17, 15) is 4.79 Å². The molecule has 0 spiro atoms. The van der Waals surface area contributed by atoms with Gasteiger partial charge in [-0.2, -0.15) is 0 Å². The predicted octanol–water partition coefficient (Wildman–Crippen LogP) is 2.09. The molecule has 2 aliphatic rings. The summed E-state index contributed by atoms with van der Waals surface area (Å²) in [5, 5.41) is 0. The standard InChI is InChI=1S/C12H21NO/c1-13-8-3-2-5-11(9-13)12(14)10-6-4-7-10/h10-11H,2-9H2,1H3. The first-order valence-corrected chi connectivity index (χ1v) is 5.99. The minimum absolute atomic E-state index is 0.354. The second kappa shape index (κ2) is 4.43. The van der Waals surface area contributed by atoms with Crippen molar-refractivity contribution in [3.63, 3.8) is 0 Å². The van der Waals surface area contributed by atoms with Crippen LogP contribution < -0.4 is 0 Å². The molecule has 0 N–H and O–H groups in total. The Morgan fingerprint density at radius 2 is 1.79 bits per heavy atom. The van der Waals surface area contributed by atoms with Gasteiger partial charge in [-0.3, -0.25) is 4.79 Å². The number of likely N-dealkylation sites (tertiary alicyclic amines) is 1. The third-order valence-corrected chi connectivity index (χ3v) is 3.78. The van der Waals surface area contributed by atoms with Gasteiger partial charge in [-0.25, -0.2) is 0 Å². The predicted molar refractivity (Wildman–Crippen MR) is 57.2 cm³/mol. The minimum atomic E-state index is 0.354. The maximum atomic E-state index is 12.1. The Kier molecular flexibility index (Phi) is 3.22. The normalized spacial score (nSPS) is 30.8. The van der Waals surface area contributed by atoms with Crippen molar-refractivity contribution >= 4 is 5.78 Å². The third kappa shape index (κ3) is 2.17. The van der Waals surface area contributed by atoms with Crippen LogP contribution in [0, 0.1) is 11.8 Å². The molecule has 2 fully saturated rings. The van der Waals surface area contributed by atoms with E-state index < -0.39 is 0 Å². The van der Waals surface area contributed by atoms with Crippen molar-refractivity contribution in [2.45, 2.75) is 38.5 Å². The van der Waals surface area contributed by atoms with Crippen molar-refractivity contribution in [2.75, 3.05) is 20.1 Å². The van der Waals surface area contributed by atoms with Gasteiger partial charge in [0.1, 0.15) is 5.78 Å². The van der Waals surface area contributed by atoms with Crippen LogP contribution in [0.5, 0.6) is 0 Å². The summed E-state index contributed by atoms with van der Waals surface area (Å²) in [7, 11) is 2.15. The number of carbonyl (C=O) groups excluding carboxylic acids is 1. The quantitative estimate of drug-likeness (QED) is 0.672. The first-order valence-electron chi connectivity index (χ1n) is 5.99. The molecule has 1 heterocycles. The molecule has 0 radical (unpaired) electrons. The van der Waals surface area contributed by atoms with Gasteiger partial charge in [0, 0.05) is 18.4 Å². The molecule has 1 aliphatic carbocycles. The van der Waals surface area contributed by atoms with Crippen LogP contribution in [0.25, 0.3) is 0 Å². The minimum Gasteiger partial charge on any atom is -0.306 e. The second-order valence-electron chi connectivity index (χ2n) is 4.99. The lowest BCUT2D eigenvalue weighted by atomic mass is 9.77. The molecule has 0 aromatic heterocycles. The second-order valence-corrected chi connectivity index (χ2v) is 4.99. The summed E-state index contributed by atoms with van der Waals surface area (Å²) in [6, 6.07) is 0. The molecule has 1 saturated carbocycles. The molecule has 0 bridgehead atoms. The van der Waals surface area contributed by atoms with Crippen molar-refractivity contribution in [1.29, 1.82) is 0 Å². The van der Waals surface area contributed by atoms with Crippen molar-refractivity contribution in [2.24, 2.45) is 11.8 Å². The van der Waals surface area contributed by atoms with Crippen LogP contribution in [0.2, 0.25) is 0 Å². The highest BCUT2D eigenvalue weighted by atomic mass is 16.1. The molecule has 2 heteroatoms. The molecule has 0 amide bonds. The highest BCUT2D eigenvalue weighted by Crippen LogP contribution is 2.31. The van der Waals surface area contributed by atoms with Gasteiger partial charge in [0.05, 0.1) is 0 Å². The summed E-state index contributed by atoms with van der Waals surface area (Å²) in [6.45, 7) is 2.18. The lowest BCUT2D eigenvalue weighted by molar-refractivity contribution is -0.129. The fourth-order valence-electron chi connectivity index (χ4n) is 2.59. The fraction of sp³-hybridized carbons (Fsp3) is 0.917. The Morgan fingerprint density at radius 1 is 1.07 bits per heavy atom. The van der Waals surface area contributed by atoms with E-state index >= 15 is 0 Å². The SMILES string of the molecule is CN1CCCCC(C(=O)C2CCC2)C1. The van der Waals surface area contributed by atoms with Gasteiger partial charge < -0.3 is 4.90 Å². The number of Topliss-reactive ketones (excluding diaryl/α,β-unsaturated/α-hetero) is 1. The molecular formula is C12H21NO. The van der Waals surface area contributed by atoms with Crippen LogP contribution in [0.4, 0.5) is 0 Å². The summed E-state index contributed by atoms with van der Waals surface area (Å²) >= 11 is 0. The zero-order valence-corrected chi connectivity index (χ0v) is 9.17. The maximum Gasteiger partial charge on any atom is 0.140 e. The molecule has 1 aliphatic heterocycles. The fourth-order valence-corrected chi connectivity index (χ4v) is 2.59. The molecule has 1 atom stereocenters. The summed E-state index contributed by atoms with van der Waals surface area (Å²) < 4.78 is 0. The average molecular weight is 195 g/mol. The van der Waals surface area contributed by atoms with Crippen LogP contribution in [0.1, 0.15) is 38.5 Å². The summed E-state index contributed by atoms with van der Waals surface area (Å²) in [6.07, 6.45) is 7.26. The van der Waals surface area contributed by atoms with Crippen LogP contribution in [-0.2, 0) is 4.79 Å². The number of nitrogens with zero attached hydrogens (tertiary/aromatic N) is 1. The van der Waals surface area contributed by atoms with Crippen molar-refractivity contribution in [3.8, 4) is 0 Å². The first-order chi connectivity index (χ1) is 6.77.